The molecule has 0 aromatic carbocycles. The van der Waals surface area contributed by atoms with Gasteiger partial charge in [0.15, 0.2) is 0 Å². The van der Waals surface area contributed by atoms with Crippen LogP contribution >= 0.6 is 0 Å². The molecule has 0 heterocycles. The van der Waals surface area contributed by atoms with Crippen LogP contribution in [0.15, 0.2) is 24.3 Å². The number of allylic oxidation sites excluding steroid dienone is 4. The second-order valence-corrected chi connectivity index (χ2v) is 8.31. The van der Waals surface area contributed by atoms with Crippen molar-refractivity contribution in [3.63, 3.8) is 0 Å². The third-order valence-electron chi connectivity index (χ3n) is 7.71. The van der Waals surface area contributed by atoms with Gasteiger partial charge in [-0.1, -0.05) is 38.2 Å². The van der Waals surface area contributed by atoms with Crippen LogP contribution in [0.4, 0.5) is 0 Å². The SMILES string of the molecule is C[C@]12C=CC=C[C@@H]1CC[C@@H]1[C@@H]2CC[C@]2(C)C(O)CC[C@@H]12. The normalized spacial score (nSPS) is 57.0. The third kappa shape index (κ3) is 1.53. The van der Waals surface area contributed by atoms with Gasteiger partial charge in [-0.05, 0) is 73.0 Å². The van der Waals surface area contributed by atoms with E-state index in [-0.39, 0.29) is 11.5 Å². The van der Waals surface area contributed by atoms with Gasteiger partial charge in [0.05, 0.1) is 6.10 Å². The van der Waals surface area contributed by atoms with Gasteiger partial charge in [0.2, 0.25) is 0 Å². The molecule has 20 heavy (non-hydrogen) atoms. The third-order valence-corrected chi connectivity index (χ3v) is 7.71. The van der Waals surface area contributed by atoms with Gasteiger partial charge < -0.3 is 5.11 Å². The molecule has 1 N–H and O–H groups in total. The summed E-state index contributed by atoms with van der Waals surface area (Å²) in [6, 6.07) is 0. The van der Waals surface area contributed by atoms with Crippen LogP contribution in [0.2, 0.25) is 0 Å². The first-order valence-electron chi connectivity index (χ1n) is 8.60. The maximum Gasteiger partial charge on any atom is 0.0596 e. The monoisotopic (exact) mass is 272 g/mol. The predicted octanol–water partition coefficient (Wildman–Crippen LogP) is 4.33. The van der Waals surface area contributed by atoms with Gasteiger partial charge in [0.1, 0.15) is 0 Å². The van der Waals surface area contributed by atoms with E-state index in [0.717, 1.165) is 30.1 Å². The first kappa shape index (κ1) is 13.1. The zero-order valence-electron chi connectivity index (χ0n) is 12.9. The second-order valence-electron chi connectivity index (χ2n) is 8.31. The highest BCUT2D eigenvalue weighted by Crippen LogP contribution is 2.64. The smallest absolute Gasteiger partial charge is 0.0596 e. The van der Waals surface area contributed by atoms with Crippen molar-refractivity contribution in [2.24, 2.45) is 34.5 Å². The van der Waals surface area contributed by atoms with Crippen molar-refractivity contribution in [1.29, 1.82) is 0 Å². The number of rotatable bonds is 0. The zero-order valence-corrected chi connectivity index (χ0v) is 12.9. The fraction of sp³-hybridized carbons (Fsp3) is 0.789. The van der Waals surface area contributed by atoms with Crippen molar-refractivity contribution < 1.29 is 5.11 Å². The van der Waals surface area contributed by atoms with Gasteiger partial charge in [-0.25, -0.2) is 0 Å². The summed E-state index contributed by atoms with van der Waals surface area (Å²) in [6.07, 6.45) is 17.0. The molecule has 3 saturated carbocycles. The molecule has 0 amide bonds. The Labute approximate surface area is 123 Å². The highest BCUT2D eigenvalue weighted by molar-refractivity contribution is 5.23. The molecule has 1 unspecified atom stereocenters. The highest BCUT2D eigenvalue weighted by Gasteiger charge is 2.58. The lowest BCUT2D eigenvalue weighted by Crippen LogP contribution is -2.51. The molecule has 4 aliphatic rings. The molecule has 0 aromatic heterocycles. The molecule has 0 saturated heterocycles. The lowest BCUT2D eigenvalue weighted by molar-refractivity contribution is -0.0852. The Morgan fingerprint density at radius 2 is 1.80 bits per heavy atom. The average Bonchev–Trinajstić information content (AvgIpc) is 2.74. The number of aliphatic hydroxyl groups is 1. The second kappa shape index (κ2) is 4.22. The van der Waals surface area contributed by atoms with E-state index >= 15 is 0 Å². The van der Waals surface area contributed by atoms with Crippen LogP contribution in [0.1, 0.15) is 52.4 Å². The van der Waals surface area contributed by atoms with E-state index in [4.69, 9.17) is 0 Å². The molecule has 7 atom stereocenters. The Bertz CT molecular complexity index is 464. The Balaban J connectivity index is 1.68. The minimum atomic E-state index is -0.0410. The van der Waals surface area contributed by atoms with Crippen molar-refractivity contribution in [2.75, 3.05) is 0 Å². The zero-order chi connectivity index (χ0) is 14.0. The maximum absolute atomic E-state index is 10.4. The van der Waals surface area contributed by atoms with E-state index in [2.05, 4.69) is 38.2 Å². The molecular weight excluding hydrogens is 244 g/mol. The van der Waals surface area contributed by atoms with Gasteiger partial charge in [-0.15, -0.1) is 0 Å². The minimum absolute atomic E-state index is 0.0410. The van der Waals surface area contributed by atoms with Crippen LogP contribution in [0.5, 0.6) is 0 Å². The van der Waals surface area contributed by atoms with Crippen molar-refractivity contribution >= 4 is 0 Å². The fourth-order valence-electron chi connectivity index (χ4n) is 6.40. The average molecular weight is 272 g/mol. The van der Waals surface area contributed by atoms with Crippen molar-refractivity contribution in [1.82, 2.24) is 0 Å². The summed E-state index contributed by atoms with van der Waals surface area (Å²) in [6.45, 7) is 4.87. The van der Waals surface area contributed by atoms with Crippen molar-refractivity contribution in [3.8, 4) is 0 Å². The number of hydrogen-bond acceptors (Lipinski definition) is 1. The molecule has 1 nitrogen and oxygen atoms in total. The number of aliphatic hydroxyl groups excluding tert-OH is 1. The van der Waals surface area contributed by atoms with Crippen molar-refractivity contribution in [3.05, 3.63) is 24.3 Å². The molecule has 0 spiro atoms. The van der Waals surface area contributed by atoms with Gasteiger partial charge in [0, 0.05) is 0 Å². The van der Waals surface area contributed by atoms with E-state index in [1.807, 2.05) is 0 Å². The summed E-state index contributed by atoms with van der Waals surface area (Å²) in [4.78, 5) is 0. The van der Waals surface area contributed by atoms with Gasteiger partial charge in [-0.3, -0.25) is 0 Å². The molecule has 4 rings (SSSR count). The van der Waals surface area contributed by atoms with Crippen LogP contribution in [0.25, 0.3) is 0 Å². The largest absolute Gasteiger partial charge is 0.393 e. The van der Waals surface area contributed by atoms with E-state index in [1.165, 1.54) is 32.1 Å². The molecule has 4 aliphatic carbocycles. The number of hydrogen-bond donors (Lipinski definition) is 1. The van der Waals surface area contributed by atoms with E-state index in [9.17, 15) is 5.11 Å². The highest BCUT2D eigenvalue weighted by atomic mass is 16.3. The van der Waals surface area contributed by atoms with Gasteiger partial charge in [0.25, 0.3) is 0 Å². The summed E-state index contributed by atoms with van der Waals surface area (Å²) in [5.41, 5.74) is 0.602. The van der Waals surface area contributed by atoms with E-state index in [0.29, 0.717) is 5.41 Å². The molecular formula is C19H28O. The molecule has 0 aromatic rings. The lowest BCUT2D eigenvalue weighted by Gasteiger charge is -2.58. The Kier molecular flexibility index (Phi) is 2.77. The molecule has 1 heteroatoms. The molecule has 0 aliphatic heterocycles. The first-order valence-corrected chi connectivity index (χ1v) is 8.60. The lowest BCUT2D eigenvalue weighted by atomic mass is 9.47. The quantitative estimate of drug-likeness (QED) is 0.696. The summed E-state index contributed by atoms with van der Waals surface area (Å²) in [7, 11) is 0. The number of fused-ring (bicyclic) bond motifs is 5. The standard InChI is InChI=1S/C19H28O/c1-18-11-4-3-5-13(18)6-7-14-15-8-9-17(20)19(15,2)12-10-16(14)18/h3-5,11,13-17,20H,6-10,12H2,1-2H3/t13-,14+,15+,16+,17?,18+,19+/m1/s1. The fourth-order valence-corrected chi connectivity index (χ4v) is 6.40. The molecule has 3 fully saturated rings. The first-order chi connectivity index (χ1) is 9.56. The van der Waals surface area contributed by atoms with Crippen LogP contribution in [0.3, 0.4) is 0 Å². The molecule has 0 radical (unpaired) electrons. The molecule has 110 valence electrons. The van der Waals surface area contributed by atoms with Crippen LogP contribution in [-0.4, -0.2) is 11.2 Å². The molecule has 0 bridgehead atoms. The summed E-state index contributed by atoms with van der Waals surface area (Å²) in [5, 5.41) is 10.4. The van der Waals surface area contributed by atoms with Crippen molar-refractivity contribution in [2.45, 2.75) is 58.5 Å². The maximum atomic E-state index is 10.4. The van der Waals surface area contributed by atoms with Gasteiger partial charge in [-0.2, -0.15) is 0 Å². The summed E-state index contributed by atoms with van der Waals surface area (Å²) < 4.78 is 0. The minimum Gasteiger partial charge on any atom is -0.393 e. The van der Waals surface area contributed by atoms with E-state index in [1.54, 1.807) is 0 Å². The predicted molar refractivity (Wildman–Crippen MR) is 82.2 cm³/mol. The van der Waals surface area contributed by atoms with Crippen LogP contribution in [0, 0.1) is 34.5 Å². The topological polar surface area (TPSA) is 20.2 Å². The van der Waals surface area contributed by atoms with E-state index < -0.39 is 0 Å². The van der Waals surface area contributed by atoms with Gasteiger partial charge >= 0.3 is 0 Å². The Morgan fingerprint density at radius 3 is 2.65 bits per heavy atom. The van der Waals surface area contributed by atoms with Crippen LogP contribution in [-0.2, 0) is 0 Å². The Morgan fingerprint density at radius 1 is 0.950 bits per heavy atom. The summed E-state index contributed by atoms with van der Waals surface area (Å²) >= 11 is 0. The summed E-state index contributed by atoms with van der Waals surface area (Å²) in [5.74, 6) is 3.21. The van der Waals surface area contributed by atoms with Crippen LogP contribution < -0.4 is 0 Å². The Hall–Kier alpha value is -0.560.